The second-order valence-electron chi connectivity index (χ2n) is 7.63. The van der Waals surface area contributed by atoms with E-state index in [2.05, 4.69) is 15.8 Å². The standard InChI is InChI=1S/C25H23ClN4O6/c1-15-11-19(8-9-22(15)30(33)34)36-14-18-12-17(7-10-23(18)35-3)13-27-29-25(32)24(31)28-21-6-4-5-20(26)16(21)2/h4-13H,14H2,1-3H3,(H,28,31)(H,29,32)/b27-13+. The van der Waals surface area contributed by atoms with E-state index in [9.17, 15) is 19.7 Å². The molecule has 0 spiro atoms. The van der Waals surface area contributed by atoms with E-state index < -0.39 is 16.7 Å². The average Bonchev–Trinajstić information content (AvgIpc) is 2.85. The summed E-state index contributed by atoms with van der Waals surface area (Å²) < 4.78 is 11.1. The summed E-state index contributed by atoms with van der Waals surface area (Å²) >= 11 is 6.03. The summed E-state index contributed by atoms with van der Waals surface area (Å²) in [6.07, 6.45) is 1.37. The maximum absolute atomic E-state index is 12.1. The lowest BCUT2D eigenvalue weighted by Gasteiger charge is -2.11. The van der Waals surface area contributed by atoms with Gasteiger partial charge in [0.15, 0.2) is 0 Å². The number of nitro groups is 1. The Kier molecular flexibility index (Phi) is 8.58. The van der Waals surface area contributed by atoms with Crippen molar-refractivity contribution < 1.29 is 24.0 Å². The Balaban J connectivity index is 1.63. The van der Waals surface area contributed by atoms with Crippen molar-refractivity contribution in [3.05, 3.63) is 92.0 Å². The minimum absolute atomic E-state index is 0.0107. The molecule has 2 N–H and O–H groups in total. The molecule has 0 bridgehead atoms. The molecule has 10 nitrogen and oxygen atoms in total. The lowest BCUT2D eigenvalue weighted by Crippen LogP contribution is -2.32. The normalized spacial score (nSPS) is 10.7. The first-order valence-corrected chi connectivity index (χ1v) is 11.0. The van der Waals surface area contributed by atoms with Gasteiger partial charge in [-0.2, -0.15) is 5.10 Å². The van der Waals surface area contributed by atoms with Gasteiger partial charge in [-0.3, -0.25) is 19.7 Å². The van der Waals surface area contributed by atoms with Crippen molar-refractivity contribution in [2.24, 2.45) is 5.10 Å². The van der Waals surface area contributed by atoms with Crippen molar-refractivity contribution in [3.8, 4) is 11.5 Å². The summed E-state index contributed by atoms with van der Waals surface area (Å²) in [6.45, 7) is 3.48. The van der Waals surface area contributed by atoms with Crippen molar-refractivity contribution in [1.82, 2.24) is 5.43 Å². The zero-order valence-electron chi connectivity index (χ0n) is 19.7. The van der Waals surface area contributed by atoms with E-state index >= 15 is 0 Å². The van der Waals surface area contributed by atoms with Crippen molar-refractivity contribution in [1.29, 1.82) is 0 Å². The molecule has 0 heterocycles. The van der Waals surface area contributed by atoms with Gasteiger partial charge in [0.05, 0.1) is 18.2 Å². The highest BCUT2D eigenvalue weighted by molar-refractivity contribution is 6.40. The molecule has 186 valence electrons. The number of carbonyl (C=O) groups excluding carboxylic acids is 2. The van der Waals surface area contributed by atoms with E-state index in [-0.39, 0.29) is 12.3 Å². The Hall–Kier alpha value is -4.44. The molecule has 3 aromatic carbocycles. The number of hydrogen-bond donors (Lipinski definition) is 2. The van der Waals surface area contributed by atoms with Crippen LogP contribution in [0.4, 0.5) is 11.4 Å². The number of anilines is 1. The van der Waals surface area contributed by atoms with Crippen molar-refractivity contribution in [2.45, 2.75) is 20.5 Å². The van der Waals surface area contributed by atoms with Crippen molar-refractivity contribution in [3.63, 3.8) is 0 Å². The zero-order valence-corrected chi connectivity index (χ0v) is 20.5. The van der Waals surface area contributed by atoms with Crippen LogP contribution in [-0.2, 0) is 16.2 Å². The third-order valence-electron chi connectivity index (χ3n) is 5.17. The smallest absolute Gasteiger partial charge is 0.329 e. The van der Waals surface area contributed by atoms with Gasteiger partial charge in [-0.15, -0.1) is 0 Å². The Morgan fingerprint density at radius 1 is 1.11 bits per heavy atom. The molecule has 36 heavy (non-hydrogen) atoms. The predicted octanol–water partition coefficient (Wildman–Crippen LogP) is 4.54. The fourth-order valence-corrected chi connectivity index (χ4v) is 3.39. The summed E-state index contributed by atoms with van der Waals surface area (Å²) in [5.41, 5.74) is 5.03. The lowest BCUT2D eigenvalue weighted by atomic mass is 10.1. The van der Waals surface area contributed by atoms with Gasteiger partial charge in [-0.05, 0) is 67.4 Å². The van der Waals surface area contributed by atoms with Gasteiger partial charge in [0.1, 0.15) is 18.1 Å². The number of amides is 2. The first-order chi connectivity index (χ1) is 17.2. The Labute approximate surface area is 212 Å². The van der Waals surface area contributed by atoms with Crippen LogP contribution in [0.2, 0.25) is 5.02 Å². The molecule has 0 aliphatic heterocycles. The van der Waals surface area contributed by atoms with Crippen molar-refractivity contribution in [2.75, 3.05) is 12.4 Å². The van der Waals surface area contributed by atoms with Crippen molar-refractivity contribution >= 4 is 41.0 Å². The molecule has 0 aromatic heterocycles. The Morgan fingerprint density at radius 3 is 2.58 bits per heavy atom. The second kappa shape index (κ2) is 11.8. The fourth-order valence-electron chi connectivity index (χ4n) is 3.21. The van der Waals surface area contributed by atoms with Crippen LogP contribution in [0, 0.1) is 24.0 Å². The summed E-state index contributed by atoms with van der Waals surface area (Å²) in [6, 6.07) is 14.6. The van der Waals surface area contributed by atoms with E-state index in [1.807, 2.05) is 0 Å². The maximum Gasteiger partial charge on any atom is 0.329 e. The second-order valence-corrected chi connectivity index (χ2v) is 8.04. The molecule has 0 aliphatic carbocycles. The molecule has 0 radical (unpaired) electrons. The SMILES string of the molecule is COc1ccc(/C=N/NC(=O)C(=O)Nc2cccc(Cl)c2C)cc1COc1ccc([N+](=O)[O-])c(C)c1. The van der Waals surface area contributed by atoms with E-state index in [4.69, 9.17) is 21.1 Å². The molecule has 0 unspecified atom stereocenters. The lowest BCUT2D eigenvalue weighted by molar-refractivity contribution is -0.385. The van der Waals surface area contributed by atoms with Crippen LogP contribution < -0.4 is 20.2 Å². The zero-order chi connectivity index (χ0) is 26.2. The highest BCUT2D eigenvalue weighted by atomic mass is 35.5. The number of benzene rings is 3. The van der Waals surface area contributed by atoms with Gasteiger partial charge >= 0.3 is 11.8 Å². The summed E-state index contributed by atoms with van der Waals surface area (Å²) in [5, 5.41) is 17.8. The molecule has 0 saturated carbocycles. The van der Waals surface area contributed by atoms with Gasteiger partial charge in [0, 0.05) is 27.9 Å². The number of aryl methyl sites for hydroxylation is 1. The van der Waals surface area contributed by atoms with Gasteiger partial charge in [-0.25, -0.2) is 5.43 Å². The summed E-state index contributed by atoms with van der Waals surface area (Å²) in [4.78, 5) is 34.8. The quantitative estimate of drug-likeness (QED) is 0.198. The van der Waals surface area contributed by atoms with Crippen LogP contribution in [0.3, 0.4) is 0 Å². The number of nitro benzene ring substituents is 1. The number of rotatable bonds is 8. The number of halogens is 1. The fraction of sp³-hybridized carbons (Fsp3) is 0.160. The third kappa shape index (κ3) is 6.57. The molecule has 0 fully saturated rings. The van der Waals surface area contributed by atoms with Gasteiger partial charge in [0.2, 0.25) is 0 Å². The van der Waals surface area contributed by atoms with Crippen LogP contribution in [0.15, 0.2) is 59.7 Å². The molecule has 3 rings (SSSR count). The number of hydrogen-bond acceptors (Lipinski definition) is 7. The third-order valence-corrected chi connectivity index (χ3v) is 5.58. The van der Waals surface area contributed by atoms with E-state index in [0.29, 0.717) is 44.5 Å². The van der Waals surface area contributed by atoms with Gasteiger partial charge in [-0.1, -0.05) is 17.7 Å². The van der Waals surface area contributed by atoms with Gasteiger partial charge < -0.3 is 14.8 Å². The number of hydrazone groups is 1. The molecule has 11 heteroatoms. The molecule has 3 aromatic rings. The minimum Gasteiger partial charge on any atom is -0.496 e. The number of carbonyl (C=O) groups is 2. The molecule has 0 saturated heterocycles. The maximum atomic E-state index is 12.1. The molecular formula is C25H23ClN4O6. The molecule has 0 aliphatic rings. The highest BCUT2D eigenvalue weighted by Crippen LogP contribution is 2.26. The van der Waals surface area contributed by atoms with Gasteiger partial charge in [0.25, 0.3) is 5.69 Å². The van der Waals surface area contributed by atoms with Crippen LogP contribution >= 0.6 is 11.6 Å². The number of ether oxygens (including phenoxy) is 2. The van der Waals surface area contributed by atoms with E-state index in [1.54, 1.807) is 56.3 Å². The molecular weight excluding hydrogens is 488 g/mol. The first kappa shape index (κ1) is 26.2. The Bertz CT molecular complexity index is 1340. The van der Waals surface area contributed by atoms with E-state index in [0.717, 1.165) is 0 Å². The highest BCUT2D eigenvalue weighted by Gasteiger charge is 2.15. The Morgan fingerprint density at radius 2 is 1.89 bits per heavy atom. The average molecular weight is 511 g/mol. The van der Waals surface area contributed by atoms with Crippen LogP contribution in [0.1, 0.15) is 22.3 Å². The number of nitrogens with one attached hydrogen (secondary N) is 2. The van der Waals surface area contributed by atoms with Crippen LogP contribution in [0.5, 0.6) is 11.5 Å². The first-order valence-electron chi connectivity index (χ1n) is 10.6. The number of methoxy groups -OCH3 is 1. The van der Waals surface area contributed by atoms with E-state index in [1.165, 1.54) is 25.5 Å². The summed E-state index contributed by atoms with van der Waals surface area (Å²) in [7, 11) is 1.52. The monoisotopic (exact) mass is 510 g/mol. The van der Waals surface area contributed by atoms with Crippen LogP contribution in [0.25, 0.3) is 0 Å². The molecule has 2 amide bonds. The minimum atomic E-state index is -0.948. The topological polar surface area (TPSA) is 132 Å². The molecule has 0 atom stereocenters. The predicted molar refractivity (Wildman–Crippen MR) is 136 cm³/mol. The van der Waals surface area contributed by atoms with Crippen LogP contribution in [-0.4, -0.2) is 30.1 Å². The summed E-state index contributed by atoms with van der Waals surface area (Å²) in [5.74, 6) is -0.811. The largest absolute Gasteiger partial charge is 0.496 e. The number of nitrogens with zero attached hydrogens (tertiary/aromatic N) is 2.